The zero-order valence-corrected chi connectivity index (χ0v) is 14.5. The van der Waals surface area contributed by atoms with E-state index in [0.29, 0.717) is 24.8 Å². The summed E-state index contributed by atoms with van der Waals surface area (Å²) in [5.41, 5.74) is 3.52. The second-order valence-electron chi connectivity index (χ2n) is 5.93. The van der Waals surface area contributed by atoms with E-state index in [9.17, 15) is 4.79 Å². The lowest BCUT2D eigenvalue weighted by atomic mass is 10.0. The SMILES string of the molecule is COCCCNC(=O)c1cc(Nc2ccc(C(C)C)cc2)ccn1. The van der Waals surface area contributed by atoms with Crippen molar-refractivity contribution < 1.29 is 9.53 Å². The molecule has 0 spiro atoms. The molecule has 0 unspecified atom stereocenters. The van der Waals surface area contributed by atoms with Gasteiger partial charge in [-0.05, 0) is 42.2 Å². The molecule has 0 saturated heterocycles. The number of benzene rings is 1. The van der Waals surface area contributed by atoms with Gasteiger partial charge in [-0.15, -0.1) is 0 Å². The van der Waals surface area contributed by atoms with Gasteiger partial charge in [0.05, 0.1) is 0 Å². The lowest BCUT2D eigenvalue weighted by Crippen LogP contribution is -2.26. The molecule has 0 aliphatic carbocycles. The van der Waals surface area contributed by atoms with E-state index in [-0.39, 0.29) is 5.91 Å². The van der Waals surface area contributed by atoms with Crippen molar-refractivity contribution in [3.8, 4) is 0 Å². The Morgan fingerprint density at radius 3 is 2.58 bits per heavy atom. The van der Waals surface area contributed by atoms with Gasteiger partial charge in [-0.1, -0.05) is 26.0 Å². The molecule has 5 nitrogen and oxygen atoms in total. The molecular formula is C19H25N3O2. The van der Waals surface area contributed by atoms with Gasteiger partial charge >= 0.3 is 0 Å². The third-order valence-electron chi connectivity index (χ3n) is 3.67. The Balaban J connectivity index is 1.98. The molecule has 2 aromatic rings. The lowest BCUT2D eigenvalue weighted by molar-refractivity contribution is 0.0943. The number of hydrogen-bond acceptors (Lipinski definition) is 4. The van der Waals surface area contributed by atoms with Crippen molar-refractivity contribution in [2.24, 2.45) is 0 Å². The van der Waals surface area contributed by atoms with E-state index >= 15 is 0 Å². The molecule has 2 rings (SSSR count). The van der Waals surface area contributed by atoms with Crippen molar-refractivity contribution in [2.75, 3.05) is 25.6 Å². The highest BCUT2D eigenvalue weighted by Gasteiger charge is 2.07. The van der Waals surface area contributed by atoms with Gasteiger partial charge in [0.2, 0.25) is 0 Å². The second-order valence-corrected chi connectivity index (χ2v) is 5.93. The Morgan fingerprint density at radius 1 is 1.17 bits per heavy atom. The summed E-state index contributed by atoms with van der Waals surface area (Å²) in [6.45, 7) is 5.54. The molecule has 2 N–H and O–H groups in total. The van der Waals surface area contributed by atoms with Crippen molar-refractivity contribution in [1.29, 1.82) is 0 Å². The number of methoxy groups -OCH3 is 1. The predicted octanol–water partition coefficient (Wildman–Crippen LogP) is 3.71. The average Bonchev–Trinajstić information content (AvgIpc) is 2.59. The van der Waals surface area contributed by atoms with Crippen LogP contribution in [0.5, 0.6) is 0 Å². The van der Waals surface area contributed by atoms with Gasteiger partial charge in [-0.3, -0.25) is 9.78 Å². The van der Waals surface area contributed by atoms with E-state index in [2.05, 4.69) is 41.6 Å². The Bertz CT molecular complexity index is 654. The standard InChI is InChI=1S/C19H25N3O2/c1-14(2)15-5-7-16(8-6-15)22-17-9-11-20-18(13-17)19(23)21-10-4-12-24-3/h5-9,11,13-14H,4,10,12H2,1-3H3,(H,20,22)(H,21,23). The summed E-state index contributed by atoms with van der Waals surface area (Å²) in [5, 5.41) is 6.14. The number of hydrogen-bond donors (Lipinski definition) is 2. The molecule has 0 saturated carbocycles. The molecule has 1 heterocycles. The number of carbonyl (C=O) groups is 1. The monoisotopic (exact) mass is 327 g/mol. The number of pyridine rings is 1. The summed E-state index contributed by atoms with van der Waals surface area (Å²) >= 11 is 0. The van der Waals surface area contributed by atoms with Crippen molar-refractivity contribution in [3.05, 3.63) is 53.9 Å². The number of anilines is 2. The Labute approximate surface area is 143 Å². The number of nitrogens with zero attached hydrogens (tertiary/aromatic N) is 1. The van der Waals surface area contributed by atoms with Gasteiger partial charge in [0.1, 0.15) is 5.69 Å². The molecule has 1 amide bonds. The molecular weight excluding hydrogens is 302 g/mol. The van der Waals surface area contributed by atoms with Crippen molar-refractivity contribution >= 4 is 17.3 Å². The Morgan fingerprint density at radius 2 is 1.92 bits per heavy atom. The van der Waals surface area contributed by atoms with Crippen LogP contribution in [0.2, 0.25) is 0 Å². The molecule has 0 fully saturated rings. The Hall–Kier alpha value is -2.40. The number of ether oxygens (including phenoxy) is 1. The molecule has 128 valence electrons. The van der Waals surface area contributed by atoms with Crippen molar-refractivity contribution in [2.45, 2.75) is 26.2 Å². The number of aromatic nitrogens is 1. The summed E-state index contributed by atoms with van der Waals surface area (Å²) in [6, 6.07) is 11.9. The van der Waals surface area contributed by atoms with Crippen LogP contribution in [0.25, 0.3) is 0 Å². The summed E-state index contributed by atoms with van der Waals surface area (Å²) in [7, 11) is 1.65. The van der Waals surface area contributed by atoms with Crippen LogP contribution in [-0.4, -0.2) is 31.2 Å². The molecule has 0 aliphatic heterocycles. The van der Waals surface area contributed by atoms with Crippen LogP contribution in [0.1, 0.15) is 42.2 Å². The predicted molar refractivity (Wildman–Crippen MR) is 96.9 cm³/mol. The second kappa shape index (κ2) is 9.03. The first kappa shape index (κ1) is 17.9. The average molecular weight is 327 g/mol. The third-order valence-corrected chi connectivity index (χ3v) is 3.67. The summed E-state index contributed by atoms with van der Waals surface area (Å²) < 4.78 is 4.96. The zero-order valence-electron chi connectivity index (χ0n) is 14.5. The molecule has 5 heteroatoms. The van der Waals surface area contributed by atoms with Gasteiger partial charge in [-0.25, -0.2) is 0 Å². The van der Waals surface area contributed by atoms with Crippen LogP contribution in [0, 0.1) is 0 Å². The van der Waals surface area contributed by atoms with Crippen LogP contribution >= 0.6 is 0 Å². The summed E-state index contributed by atoms with van der Waals surface area (Å²) in [6.07, 6.45) is 2.41. The Kier molecular flexibility index (Phi) is 6.75. The van der Waals surface area contributed by atoms with Gasteiger partial charge in [0, 0.05) is 37.8 Å². The molecule has 0 atom stereocenters. The largest absolute Gasteiger partial charge is 0.385 e. The van der Waals surface area contributed by atoms with Gasteiger partial charge in [-0.2, -0.15) is 0 Å². The fourth-order valence-corrected chi connectivity index (χ4v) is 2.26. The minimum absolute atomic E-state index is 0.176. The maximum absolute atomic E-state index is 12.1. The van der Waals surface area contributed by atoms with Crippen LogP contribution < -0.4 is 10.6 Å². The molecule has 24 heavy (non-hydrogen) atoms. The highest BCUT2D eigenvalue weighted by molar-refractivity contribution is 5.93. The van der Waals surface area contributed by atoms with E-state index in [0.717, 1.165) is 17.8 Å². The van der Waals surface area contributed by atoms with Crippen LogP contribution in [0.15, 0.2) is 42.6 Å². The van der Waals surface area contributed by atoms with Gasteiger partial charge in [0.15, 0.2) is 0 Å². The first-order chi connectivity index (χ1) is 11.6. The minimum atomic E-state index is -0.176. The molecule has 0 radical (unpaired) electrons. The topological polar surface area (TPSA) is 63.2 Å². The number of amides is 1. The van der Waals surface area contributed by atoms with E-state index in [1.165, 1.54) is 5.56 Å². The van der Waals surface area contributed by atoms with Gasteiger partial charge in [0.25, 0.3) is 5.91 Å². The van der Waals surface area contributed by atoms with Crippen molar-refractivity contribution in [3.63, 3.8) is 0 Å². The highest BCUT2D eigenvalue weighted by Crippen LogP contribution is 2.20. The first-order valence-corrected chi connectivity index (χ1v) is 8.20. The number of rotatable bonds is 8. The fourth-order valence-electron chi connectivity index (χ4n) is 2.26. The van der Waals surface area contributed by atoms with E-state index in [1.807, 2.05) is 18.2 Å². The van der Waals surface area contributed by atoms with E-state index < -0.39 is 0 Å². The smallest absolute Gasteiger partial charge is 0.269 e. The van der Waals surface area contributed by atoms with Crippen LogP contribution in [-0.2, 0) is 4.74 Å². The number of carbonyl (C=O) groups excluding carboxylic acids is 1. The molecule has 1 aromatic heterocycles. The summed E-state index contributed by atoms with van der Waals surface area (Å²) in [4.78, 5) is 16.2. The fraction of sp³-hybridized carbons (Fsp3) is 0.368. The van der Waals surface area contributed by atoms with Crippen LogP contribution in [0.4, 0.5) is 11.4 Å². The lowest BCUT2D eigenvalue weighted by Gasteiger charge is -2.10. The molecule has 0 aliphatic rings. The minimum Gasteiger partial charge on any atom is -0.385 e. The maximum atomic E-state index is 12.1. The highest BCUT2D eigenvalue weighted by atomic mass is 16.5. The summed E-state index contributed by atoms with van der Waals surface area (Å²) in [5.74, 6) is 0.332. The normalized spacial score (nSPS) is 10.7. The van der Waals surface area contributed by atoms with Gasteiger partial charge < -0.3 is 15.4 Å². The van der Waals surface area contributed by atoms with E-state index in [1.54, 1.807) is 19.4 Å². The van der Waals surface area contributed by atoms with E-state index in [4.69, 9.17) is 4.74 Å². The van der Waals surface area contributed by atoms with Crippen molar-refractivity contribution in [1.82, 2.24) is 10.3 Å². The molecule has 0 bridgehead atoms. The maximum Gasteiger partial charge on any atom is 0.269 e. The number of nitrogens with one attached hydrogen (secondary N) is 2. The first-order valence-electron chi connectivity index (χ1n) is 8.20. The third kappa shape index (κ3) is 5.35. The quantitative estimate of drug-likeness (QED) is 0.726. The molecule has 1 aromatic carbocycles. The van der Waals surface area contributed by atoms with Crippen LogP contribution in [0.3, 0.4) is 0 Å². The zero-order chi connectivity index (χ0) is 17.4.